The van der Waals surface area contributed by atoms with Crippen LogP contribution < -0.4 is 10.6 Å². The molecule has 80 valence electrons. The fraction of sp³-hybridized carbons (Fsp3) is 0.455. The van der Waals surface area contributed by atoms with Crippen LogP contribution in [0.3, 0.4) is 0 Å². The zero-order valence-corrected chi connectivity index (χ0v) is 8.98. The molecule has 0 bridgehead atoms. The van der Waals surface area contributed by atoms with E-state index in [-0.39, 0.29) is 0 Å². The van der Waals surface area contributed by atoms with Crippen molar-refractivity contribution in [2.24, 2.45) is 5.73 Å². The van der Waals surface area contributed by atoms with Crippen LogP contribution in [0.5, 0.6) is 0 Å². The lowest BCUT2D eigenvalue weighted by Gasteiger charge is -2.26. The van der Waals surface area contributed by atoms with E-state index in [1.807, 2.05) is 0 Å². The molecule has 0 unspecified atom stereocenters. The smallest absolute Gasteiger partial charge is 0.147 e. The third-order valence-corrected chi connectivity index (χ3v) is 2.64. The minimum Gasteiger partial charge on any atom is -0.351 e. The summed E-state index contributed by atoms with van der Waals surface area (Å²) >= 11 is 0. The van der Waals surface area contributed by atoms with Crippen molar-refractivity contribution in [1.82, 2.24) is 9.97 Å². The first-order valence-corrected chi connectivity index (χ1v) is 5.21. The molecule has 0 radical (unpaired) electrons. The molecule has 4 heteroatoms. The lowest BCUT2D eigenvalue weighted by Crippen LogP contribution is -2.29. The summed E-state index contributed by atoms with van der Waals surface area (Å²) in [5.74, 6) is 0.932. The Morgan fingerprint density at radius 3 is 3.00 bits per heavy atom. The molecule has 0 amide bonds. The second kappa shape index (κ2) is 4.40. The summed E-state index contributed by atoms with van der Waals surface area (Å²) in [7, 11) is 0. The van der Waals surface area contributed by atoms with Crippen LogP contribution in [0.2, 0.25) is 0 Å². The highest BCUT2D eigenvalue weighted by atomic mass is 15.2. The minimum atomic E-state index is 0.448. The molecule has 2 heterocycles. The molecule has 0 aromatic carbocycles. The van der Waals surface area contributed by atoms with Gasteiger partial charge in [0, 0.05) is 25.8 Å². The second-order valence-electron chi connectivity index (χ2n) is 3.82. The molecular weight excluding hydrogens is 188 g/mol. The van der Waals surface area contributed by atoms with Gasteiger partial charge < -0.3 is 10.6 Å². The minimum absolute atomic E-state index is 0.448. The normalized spacial score (nSPS) is 16.4. The van der Waals surface area contributed by atoms with Crippen molar-refractivity contribution in [3.05, 3.63) is 29.7 Å². The molecule has 2 N–H and O–H groups in total. The summed E-state index contributed by atoms with van der Waals surface area (Å²) in [4.78, 5) is 10.8. The first kappa shape index (κ1) is 10.1. The van der Waals surface area contributed by atoms with E-state index in [9.17, 15) is 0 Å². The number of nitrogens with zero attached hydrogens (tertiary/aromatic N) is 3. The highest BCUT2D eigenvalue weighted by Gasteiger charge is 2.11. The van der Waals surface area contributed by atoms with Crippen LogP contribution in [0, 0.1) is 0 Å². The van der Waals surface area contributed by atoms with Crippen molar-refractivity contribution in [3.8, 4) is 0 Å². The lowest BCUT2D eigenvalue weighted by atomic mass is 10.1. The van der Waals surface area contributed by atoms with Gasteiger partial charge in [-0.3, -0.25) is 4.98 Å². The van der Waals surface area contributed by atoms with E-state index in [2.05, 4.69) is 27.9 Å². The molecule has 15 heavy (non-hydrogen) atoms. The number of aromatic nitrogens is 2. The Hall–Kier alpha value is -1.42. The standard InChI is InChI=1S/C11H16N4/c1-9-2-4-15(5-3-9)11-8-13-7-10(6-12)14-11/h2,7-8H,3-6,12H2,1H3. The highest BCUT2D eigenvalue weighted by Crippen LogP contribution is 2.16. The van der Waals surface area contributed by atoms with Crippen LogP contribution in [0.15, 0.2) is 24.0 Å². The average Bonchev–Trinajstić information content (AvgIpc) is 2.30. The number of anilines is 1. The summed E-state index contributed by atoms with van der Waals surface area (Å²) in [6, 6.07) is 0. The number of rotatable bonds is 2. The summed E-state index contributed by atoms with van der Waals surface area (Å²) < 4.78 is 0. The fourth-order valence-corrected chi connectivity index (χ4v) is 1.62. The van der Waals surface area contributed by atoms with Gasteiger partial charge in [-0.05, 0) is 13.3 Å². The van der Waals surface area contributed by atoms with Crippen molar-refractivity contribution < 1.29 is 0 Å². The monoisotopic (exact) mass is 204 g/mol. The topological polar surface area (TPSA) is 55.0 Å². The summed E-state index contributed by atoms with van der Waals surface area (Å²) in [5, 5.41) is 0. The molecule has 0 saturated carbocycles. The zero-order valence-electron chi connectivity index (χ0n) is 8.98. The summed E-state index contributed by atoms with van der Waals surface area (Å²) in [5.41, 5.74) is 7.84. The van der Waals surface area contributed by atoms with Gasteiger partial charge in [0.05, 0.1) is 11.9 Å². The summed E-state index contributed by atoms with van der Waals surface area (Å²) in [6.07, 6.45) is 6.86. The van der Waals surface area contributed by atoms with Gasteiger partial charge in [-0.15, -0.1) is 0 Å². The Bertz CT molecular complexity index is 373. The first-order chi connectivity index (χ1) is 7.29. The SMILES string of the molecule is CC1=CCN(c2cncc(CN)n2)CC1. The molecule has 0 aliphatic carbocycles. The van der Waals surface area contributed by atoms with Crippen LogP contribution in [0.1, 0.15) is 19.0 Å². The van der Waals surface area contributed by atoms with Gasteiger partial charge in [0.15, 0.2) is 0 Å². The molecule has 1 aromatic rings. The van der Waals surface area contributed by atoms with Gasteiger partial charge in [-0.2, -0.15) is 0 Å². The number of hydrogen-bond donors (Lipinski definition) is 1. The van der Waals surface area contributed by atoms with Gasteiger partial charge >= 0.3 is 0 Å². The molecular formula is C11H16N4. The van der Waals surface area contributed by atoms with Crippen molar-refractivity contribution >= 4 is 5.82 Å². The Morgan fingerprint density at radius 1 is 1.47 bits per heavy atom. The van der Waals surface area contributed by atoms with Crippen LogP contribution in [-0.4, -0.2) is 23.1 Å². The molecule has 4 nitrogen and oxygen atoms in total. The molecule has 1 aliphatic heterocycles. The maximum absolute atomic E-state index is 5.54. The Morgan fingerprint density at radius 2 is 2.33 bits per heavy atom. The third kappa shape index (κ3) is 2.33. The molecule has 0 saturated heterocycles. The van der Waals surface area contributed by atoms with Gasteiger partial charge in [0.25, 0.3) is 0 Å². The molecule has 1 aromatic heterocycles. The molecule has 0 fully saturated rings. The quantitative estimate of drug-likeness (QED) is 0.733. The van der Waals surface area contributed by atoms with Crippen molar-refractivity contribution in [3.63, 3.8) is 0 Å². The fourth-order valence-electron chi connectivity index (χ4n) is 1.62. The predicted molar refractivity (Wildman–Crippen MR) is 60.5 cm³/mol. The maximum Gasteiger partial charge on any atom is 0.147 e. The van der Waals surface area contributed by atoms with Gasteiger partial charge in [0.2, 0.25) is 0 Å². The molecule has 0 spiro atoms. The lowest BCUT2D eigenvalue weighted by molar-refractivity contribution is 0.766. The van der Waals surface area contributed by atoms with E-state index >= 15 is 0 Å². The van der Waals surface area contributed by atoms with E-state index in [0.717, 1.165) is 31.0 Å². The van der Waals surface area contributed by atoms with Crippen LogP contribution in [0.25, 0.3) is 0 Å². The van der Waals surface area contributed by atoms with Crippen LogP contribution in [-0.2, 0) is 6.54 Å². The van der Waals surface area contributed by atoms with Crippen LogP contribution in [0.4, 0.5) is 5.82 Å². The zero-order chi connectivity index (χ0) is 10.7. The van der Waals surface area contributed by atoms with Gasteiger partial charge in [-0.1, -0.05) is 11.6 Å². The Balaban J connectivity index is 2.16. The van der Waals surface area contributed by atoms with Crippen molar-refractivity contribution in [2.45, 2.75) is 19.9 Å². The Labute approximate surface area is 89.8 Å². The van der Waals surface area contributed by atoms with Crippen molar-refractivity contribution in [2.75, 3.05) is 18.0 Å². The average molecular weight is 204 g/mol. The van der Waals surface area contributed by atoms with Gasteiger partial charge in [-0.25, -0.2) is 4.98 Å². The van der Waals surface area contributed by atoms with E-state index in [4.69, 9.17) is 5.73 Å². The third-order valence-electron chi connectivity index (χ3n) is 2.64. The van der Waals surface area contributed by atoms with Crippen molar-refractivity contribution in [1.29, 1.82) is 0 Å². The van der Waals surface area contributed by atoms with E-state index in [0.29, 0.717) is 6.54 Å². The van der Waals surface area contributed by atoms with E-state index < -0.39 is 0 Å². The van der Waals surface area contributed by atoms with Crippen LogP contribution >= 0.6 is 0 Å². The van der Waals surface area contributed by atoms with E-state index in [1.165, 1.54) is 5.57 Å². The second-order valence-corrected chi connectivity index (χ2v) is 3.82. The maximum atomic E-state index is 5.54. The van der Waals surface area contributed by atoms with Gasteiger partial charge in [0.1, 0.15) is 5.82 Å². The highest BCUT2D eigenvalue weighted by molar-refractivity contribution is 5.39. The molecule has 1 aliphatic rings. The molecule has 2 rings (SSSR count). The summed E-state index contributed by atoms with van der Waals surface area (Å²) in [6.45, 7) is 4.56. The largest absolute Gasteiger partial charge is 0.351 e. The number of hydrogen-bond acceptors (Lipinski definition) is 4. The number of nitrogens with two attached hydrogens (primary N) is 1. The first-order valence-electron chi connectivity index (χ1n) is 5.21. The predicted octanol–water partition coefficient (Wildman–Crippen LogP) is 1.09. The Kier molecular flexibility index (Phi) is 2.97. The van der Waals surface area contributed by atoms with E-state index in [1.54, 1.807) is 12.4 Å². The molecule has 0 atom stereocenters.